The molecule has 5 heterocycles. The number of nitrogens with one attached hydrogen (secondary N) is 1. The van der Waals surface area contributed by atoms with Gasteiger partial charge in [-0.1, -0.05) is 24.3 Å². The van der Waals surface area contributed by atoms with Crippen LogP contribution in [0.25, 0.3) is 0 Å². The van der Waals surface area contributed by atoms with Crippen molar-refractivity contribution in [2.75, 3.05) is 74.9 Å². The van der Waals surface area contributed by atoms with Crippen LogP contribution >= 0.6 is 0 Å². The van der Waals surface area contributed by atoms with Crippen LogP contribution in [-0.4, -0.2) is 111 Å². The normalized spacial score (nSPS) is 22.3. The molecular weight excluding hydrogens is 811 g/mol. The highest BCUT2D eigenvalue weighted by Gasteiger charge is 2.43. The second-order valence-corrected chi connectivity index (χ2v) is 18.2. The first kappa shape index (κ1) is 42.1. The minimum absolute atomic E-state index is 0.0449. The van der Waals surface area contributed by atoms with Gasteiger partial charge in [0.2, 0.25) is 10.0 Å². The molecule has 4 atom stereocenters. The first-order chi connectivity index (χ1) is 30.1. The van der Waals surface area contributed by atoms with E-state index in [1.807, 2.05) is 24.3 Å². The molecule has 13 nitrogen and oxygen atoms in total. The molecular formula is C48H55N3O10S. The minimum Gasteiger partial charge on any atom is -0.498 e. The van der Waals surface area contributed by atoms with Gasteiger partial charge in [-0.05, 0) is 134 Å². The number of ether oxygens (including phenoxy) is 8. The molecule has 10 rings (SSSR count). The van der Waals surface area contributed by atoms with E-state index in [2.05, 4.69) is 65.0 Å². The van der Waals surface area contributed by atoms with E-state index in [9.17, 15) is 8.42 Å². The summed E-state index contributed by atoms with van der Waals surface area (Å²) in [6.45, 7) is 2.84. The number of likely N-dealkylation sites (N-methyl/N-ethyl adjacent to an activating group) is 2. The molecule has 0 amide bonds. The number of hydrogen-bond donors (Lipinski definition) is 1. The van der Waals surface area contributed by atoms with Gasteiger partial charge in [0.05, 0.1) is 20.8 Å². The van der Waals surface area contributed by atoms with Crippen LogP contribution in [-0.2, 0) is 38.8 Å². The predicted molar refractivity (Wildman–Crippen MR) is 234 cm³/mol. The van der Waals surface area contributed by atoms with E-state index in [4.69, 9.17) is 37.9 Å². The van der Waals surface area contributed by atoms with Crippen molar-refractivity contribution in [2.45, 2.75) is 61.3 Å². The lowest BCUT2D eigenvalue weighted by molar-refractivity contribution is -0.00186. The highest BCUT2D eigenvalue weighted by Crippen LogP contribution is 2.45. The zero-order valence-electron chi connectivity index (χ0n) is 36.0. The highest BCUT2D eigenvalue weighted by atomic mass is 32.2. The molecule has 6 aliphatic rings. The Balaban J connectivity index is 1.04. The summed E-state index contributed by atoms with van der Waals surface area (Å²) in [6.07, 6.45) is 4.75. The van der Waals surface area contributed by atoms with Crippen LogP contribution in [0.2, 0.25) is 0 Å². The van der Waals surface area contributed by atoms with Crippen molar-refractivity contribution in [3.63, 3.8) is 0 Å². The molecule has 0 saturated heterocycles. The number of allylic oxidation sites excluding steroid dienone is 1. The van der Waals surface area contributed by atoms with Gasteiger partial charge < -0.3 is 37.9 Å². The number of rotatable bonds is 10. The van der Waals surface area contributed by atoms with E-state index in [1.165, 1.54) is 28.3 Å². The molecule has 6 bridgehead atoms. The van der Waals surface area contributed by atoms with Crippen LogP contribution < -0.4 is 33.1 Å². The summed E-state index contributed by atoms with van der Waals surface area (Å²) in [4.78, 5) is 4.85. The number of hydrogen-bond acceptors (Lipinski definition) is 12. The molecule has 4 aromatic carbocycles. The largest absolute Gasteiger partial charge is 0.498 e. The highest BCUT2D eigenvalue weighted by molar-refractivity contribution is 7.89. The van der Waals surface area contributed by atoms with Crippen LogP contribution in [0.3, 0.4) is 0 Å². The zero-order chi connectivity index (χ0) is 43.0. The number of methoxy groups -OCH3 is 3. The molecule has 62 heavy (non-hydrogen) atoms. The van der Waals surface area contributed by atoms with E-state index < -0.39 is 22.2 Å². The Bertz CT molecular complexity index is 2470. The van der Waals surface area contributed by atoms with Gasteiger partial charge in [-0.25, -0.2) is 13.1 Å². The maximum Gasteiger partial charge on any atom is 0.244 e. The lowest BCUT2D eigenvalue weighted by atomic mass is 9.80. The average Bonchev–Trinajstić information content (AvgIpc) is 3.28. The molecule has 1 aliphatic carbocycles. The van der Waals surface area contributed by atoms with E-state index in [-0.39, 0.29) is 42.5 Å². The molecule has 0 fully saturated rings. The minimum atomic E-state index is -3.85. The predicted octanol–water partition coefficient (Wildman–Crippen LogP) is 6.64. The van der Waals surface area contributed by atoms with Crippen molar-refractivity contribution in [2.24, 2.45) is 0 Å². The smallest absolute Gasteiger partial charge is 0.244 e. The van der Waals surface area contributed by atoms with Crippen molar-refractivity contribution in [1.29, 1.82) is 0 Å². The molecule has 5 aliphatic heterocycles. The third kappa shape index (κ3) is 8.34. The number of nitrogens with zero attached hydrogens (tertiary/aromatic N) is 2. The average molecular weight is 866 g/mol. The van der Waals surface area contributed by atoms with E-state index in [1.54, 1.807) is 33.5 Å². The summed E-state index contributed by atoms with van der Waals surface area (Å²) < 4.78 is 79.0. The fourth-order valence-electron chi connectivity index (χ4n) is 9.38. The Morgan fingerprint density at radius 2 is 1.56 bits per heavy atom. The van der Waals surface area contributed by atoms with Gasteiger partial charge in [0.15, 0.2) is 46.7 Å². The summed E-state index contributed by atoms with van der Waals surface area (Å²) in [7, 11) is 5.59. The Morgan fingerprint density at radius 1 is 0.790 bits per heavy atom. The van der Waals surface area contributed by atoms with Crippen molar-refractivity contribution >= 4 is 10.0 Å². The second-order valence-electron chi connectivity index (χ2n) is 16.4. The Hall–Kier alpha value is -5.25. The molecule has 328 valence electrons. The van der Waals surface area contributed by atoms with Crippen molar-refractivity contribution < 1.29 is 46.3 Å². The summed E-state index contributed by atoms with van der Waals surface area (Å²) in [6, 6.07) is 23.6. The molecule has 0 radical (unpaired) electrons. The van der Waals surface area contributed by atoms with Gasteiger partial charge in [-0.2, -0.15) is 0 Å². The van der Waals surface area contributed by atoms with Gasteiger partial charge in [0, 0.05) is 38.8 Å². The SMILES string of the molecule is COC1=CC2=C3C(Oc4cc5c(cc4OC)CCN(C)[C@@H]5Cc4ccc(cc4)Oc4cc(ccc4OCCCNS(=O)(=O)c4cccc5c4OCCO5)C[C@@H]3N(C)CC2)C1OC. The third-order valence-corrected chi connectivity index (χ3v) is 14.2. The number of sulfonamides is 1. The monoisotopic (exact) mass is 865 g/mol. The van der Waals surface area contributed by atoms with Crippen molar-refractivity contribution in [1.82, 2.24) is 14.5 Å². The van der Waals surface area contributed by atoms with Crippen molar-refractivity contribution in [3.05, 3.63) is 118 Å². The lowest BCUT2D eigenvalue weighted by Crippen LogP contribution is -2.50. The van der Waals surface area contributed by atoms with Crippen LogP contribution in [0.15, 0.2) is 101 Å². The molecule has 14 heteroatoms. The van der Waals surface area contributed by atoms with Gasteiger partial charge in [0.1, 0.15) is 29.6 Å². The van der Waals surface area contributed by atoms with Gasteiger partial charge in [0.25, 0.3) is 0 Å². The Morgan fingerprint density at radius 3 is 2.37 bits per heavy atom. The van der Waals surface area contributed by atoms with Gasteiger partial charge in [-0.3, -0.25) is 9.80 Å². The van der Waals surface area contributed by atoms with E-state index >= 15 is 0 Å². The standard InChI is InChI=1S/C48H55N3O10S/c1-50-19-16-32-27-40(54-3)42-29-35(32)36(50)24-30-10-13-34(14-11-30)60-41-26-31(25-37-45-33(17-20-51(37)2)28-43(55-4)47(56-5)48(45)61-42)12-15-38(41)57-21-7-18-49-62(52,53)44-9-6-8-39-46(44)59-23-22-58-39/h6,8-15,26-29,36-37,47-49H,7,16-25H2,1-5H3/t36-,37+,47?,48?/m1/s1. The fraction of sp³-hybridized carbons (Fsp3) is 0.417. The molecule has 2 unspecified atom stereocenters. The summed E-state index contributed by atoms with van der Waals surface area (Å²) in [5.74, 6) is 4.58. The van der Waals surface area contributed by atoms with E-state index in [0.29, 0.717) is 53.9 Å². The first-order valence-corrected chi connectivity index (χ1v) is 22.8. The Labute approximate surface area is 364 Å². The quantitative estimate of drug-likeness (QED) is 0.172. The second kappa shape index (κ2) is 17.9. The maximum atomic E-state index is 13.3. The number of benzene rings is 4. The summed E-state index contributed by atoms with van der Waals surface area (Å²) in [5, 5.41) is 0. The Kier molecular flexibility index (Phi) is 12.1. The maximum absolute atomic E-state index is 13.3. The van der Waals surface area contributed by atoms with E-state index in [0.717, 1.165) is 49.2 Å². The summed E-state index contributed by atoms with van der Waals surface area (Å²) >= 11 is 0. The number of para-hydroxylation sites is 1. The lowest BCUT2D eigenvalue weighted by Gasteiger charge is -2.44. The van der Waals surface area contributed by atoms with Crippen LogP contribution in [0.1, 0.15) is 41.1 Å². The summed E-state index contributed by atoms with van der Waals surface area (Å²) in [5.41, 5.74) is 7.04. The van der Waals surface area contributed by atoms with Gasteiger partial charge >= 0.3 is 0 Å². The molecule has 4 aromatic rings. The molecule has 0 saturated carbocycles. The molecule has 0 aromatic heterocycles. The van der Waals surface area contributed by atoms with Crippen LogP contribution in [0.5, 0.6) is 40.2 Å². The van der Waals surface area contributed by atoms with Crippen LogP contribution in [0.4, 0.5) is 0 Å². The zero-order valence-corrected chi connectivity index (χ0v) is 36.8. The number of fused-ring (bicyclic) bond motifs is 3. The fourth-order valence-corrected chi connectivity index (χ4v) is 10.6. The van der Waals surface area contributed by atoms with Crippen molar-refractivity contribution in [3.8, 4) is 40.2 Å². The van der Waals surface area contributed by atoms with Crippen LogP contribution in [0, 0.1) is 0 Å². The molecule has 1 N–H and O–H groups in total. The third-order valence-electron chi connectivity index (χ3n) is 12.7. The first-order valence-electron chi connectivity index (χ1n) is 21.3. The molecule has 0 spiro atoms. The van der Waals surface area contributed by atoms with Gasteiger partial charge in [-0.15, -0.1) is 0 Å². The topological polar surface area (TPSA) is 126 Å².